The third kappa shape index (κ3) is 7.17. The molecule has 0 aliphatic rings. The lowest BCUT2D eigenvalue weighted by atomic mass is 9.84. The lowest BCUT2D eigenvalue weighted by Gasteiger charge is -2.40. The quantitative estimate of drug-likeness (QED) is 0.404. The van der Waals surface area contributed by atoms with Gasteiger partial charge in [-0.1, -0.05) is 51.1 Å². The van der Waals surface area contributed by atoms with E-state index in [9.17, 15) is 18.0 Å². The Labute approximate surface area is 215 Å². The molecule has 0 aliphatic carbocycles. The Morgan fingerprint density at radius 1 is 1.16 bits per heavy atom. The molecule has 0 unspecified atom stereocenters. The molecule has 2 N–H and O–H groups in total. The number of alkyl halides is 1. The minimum absolute atomic E-state index is 0.00298. The van der Waals surface area contributed by atoms with Crippen molar-refractivity contribution >= 4 is 5.91 Å². The summed E-state index contributed by atoms with van der Waals surface area (Å²) in [6, 6.07) is 11.2. The van der Waals surface area contributed by atoms with Gasteiger partial charge in [0.25, 0.3) is 0 Å². The van der Waals surface area contributed by atoms with Gasteiger partial charge in [-0.25, -0.2) is 22.8 Å². The maximum absolute atomic E-state index is 14.7. The van der Waals surface area contributed by atoms with Crippen LogP contribution in [0.5, 0.6) is 0 Å². The molecule has 1 amide bonds. The highest BCUT2D eigenvalue weighted by Gasteiger charge is 2.39. The topological polar surface area (TPSA) is 86.3 Å². The van der Waals surface area contributed by atoms with Crippen LogP contribution in [0, 0.1) is 17.0 Å². The maximum atomic E-state index is 14.7. The Morgan fingerprint density at radius 2 is 1.86 bits per heavy atom. The van der Waals surface area contributed by atoms with Crippen LogP contribution in [-0.4, -0.2) is 58.5 Å². The van der Waals surface area contributed by atoms with Crippen molar-refractivity contribution in [1.29, 1.82) is 0 Å². The third-order valence-corrected chi connectivity index (χ3v) is 5.95. The summed E-state index contributed by atoms with van der Waals surface area (Å²) < 4.78 is 48.6. The summed E-state index contributed by atoms with van der Waals surface area (Å²) in [6.07, 6.45) is 0.219. The number of amides is 1. The van der Waals surface area contributed by atoms with Gasteiger partial charge in [-0.05, 0) is 35.6 Å². The highest BCUT2D eigenvalue weighted by molar-refractivity contribution is 5.78. The molecule has 0 bridgehead atoms. The molecule has 0 saturated carbocycles. The predicted molar refractivity (Wildman–Crippen MR) is 135 cm³/mol. The molecule has 200 valence electrons. The standard InChI is InChI=1S/C27H34F3N5O2/c1-27(2,3)24(34(23(36)17-37-4)13-12-20(31)15-28)26-32-25(21-14-19(29)10-11-22(21)30)33-35(26)16-18-8-6-5-7-9-18/h5-11,14,20,24H,12-13,15-17,31H2,1-4H3/t20-,24-/m0/s1. The molecule has 37 heavy (non-hydrogen) atoms. The highest BCUT2D eigenvalue weighted by atomic mass is 19.1. The maximum Gasteiger partial charge on any atom is 0.249 e. The molecule has 7 nitrogen and oxygen atoms in total. The first-order valence-corrected chi connectivity index (χ1v) is 12.1. The van der Waals surface area contributed by atoms with E-state index in [-0.39, 0.29) is 43.4 Å². The Morgan fingerprint density at radius 3 is 2.49 bits per heavy atom. The van der Waals surface area contributed by atoms with Gasteiger partial charge in [0.2, 0.25) is 5.91 Å². The fraction of sp³-hybridized carbons (Fsp3) is 0.444. The Balaban J connectivity index is 2.19. The molecular formula is C27H34F3N5O2. The van der Waals surface area contributed by atoms with Gasteiger partial charge in [-0.3, -0.25) is 4.79 Å². The monoisotopic (exact) mass is 517 g/mol. The fourth-order valence-corrected chi connectivity index (χ4v) is 4.19. The van der Waals surface area contributed by atoms with Gasteiger partial charge in [-0.2, -0.15) is 5.10 Å². The number of halogens is 3. The smallest absolute Gasteiger partial charge is 0.249 e. The first-order chi connectivity index (χ1) is 17.5. The van der Waals surface area contributed by atoms with Crippen LogP contribution in [0.2, 0.25) is 0 Å². The molecule has 0 radical (unpaired) electrons. The largest absolute Gasteiger partial charge is 0.375 e. The van der Waals surface area contributed by atoms with E-state index >= 15 is 0 Å². The summed E-state index contributed by atoms with van der Waals surface area (Å²) in [5.41, 5.74) is 6.07. The summed E-state index contributed by atoms with van der Waals surface area (Å²) in [6.45, 7) is 5.31. The van der Waals surface area contributed by atoms with E-state index in [0.29, 0.717) is 5.82 Å². The van der Waals surface area contributed by atoms with Gasteiger partial charge < -0.3 is 15.4 Å². The molecule has 1 heterocycles. The minimum Gasteiger partial charge on any atom is -0.375 e. The second kappa shape index (κ2) is 12.3. The average molecular weight is 518 g/mol. The number of carbonyl (C=O) groups excluding carboxylic acids is 1. The van der Waals surface area contributed by atoms with E-state index < -0.39 is 35.8 Å². The van der Waals surface area contributed by atoms with E-state index in [4.69, 9.17) is 10.5 Å². The number of benzene rings is 2. The number of ether oxygens (including phenoxy) is 1. The van der Waals surface area contributed by atoms with E-state index in [2.05, 4.69) is 10.1 Å². The number of nitrogens with two attached hydrogens (primary N) is 1. The number of methoxy groups -OCH3 is 1. The zero-order valence-electron chi connectivity index (χ0n) is 21.6. The number of aromatic nitrogens is 3. The number of carbonyl (C=O) groups is 1. The van der Waals surface area contributed by atoms with Crippen LogP contribution in [0.4, 0.5) is 13.2 Å². The Hall–Kier alpha value is -3.24. The molecule has 2 atom stereocenters. The Kier molecular flexibility index (Phi) is 9.45. The zero-order chi connectivity index (χ0) is 27.2. The van der Waals surface area contributed by atoms with E-state index in [0.717, 1.165) is 23.8 Å². The molecule has 0 spiro atoms. The van der Waals surface area contributed by atoms with Crippen molar-refractivity contribution in [3.63, 3.8) is 0 Å². The van der Waals surface area contributed by atoms with E-state index in [1.165, 1.54) is 7.11 Å². The molecule has 0 aliphatic heterocycles. The molecule has 3 aromatic rings. The minimum atomic E-state index is -0.738. The second-order valence-electron chi connectivity index (χ2n) is 10.1. The predicted octanol–water partition coefficient (Wildman–Crippen LogP) is 4.52. The number of hydrogen-bond donors (Lipinski definition) is 1. The van der Waals surface area contributed by atoms with Crippen LogP contribution < -0.4 is 5.73 Å². The molecule has 10 heteroatoms. The van der Waals surface area contributed by atoms with Gasteiger partial charge in [0, 0.05) is 19.7 Å². The summed E-state index contributed by atoms with van der Waals surface area (Å²) in [7, 11) is 1.41. The van der Waals surface area contributed by atoms with Gasteiger partial charge in [-0.15, -0.1) is 0 Å². The summed E-state index contributed by atoms with van der Waals surface area (Å²) in [5, 5.41) is 4.56. The van der Waals surface area contributed by atoms with Crippen molar-refractivity contribution in [1.82, 2.24) is 19.7 Å². The molecule has 0 fully saturated rings. The molecule has 0 saturated heterocycles. The normalized spacial score (nSPS) is 13.4. The van der Waals surface area contributed by atoms with Gasteiger partial charge >= 0.3 is 0 Å². The first kappa shape index (κ1) is 28.3. The highest BCUT2D eigenvalue weighted by Crippen LogP contribution is 2.39. The van der Waals surface area contributed by atoms with Crippen LogP contribution in [0.1, 0.15) is 44.6 Å². The zero-order valence-corrected chi connectivity index (χ0v) is 21.6. The first-order valence-electron chi connectivity index (χ1n) is 12.1. The van der Waals surface area contributed by atoms with Crippen molar-refractivity contribution in [3.8, 4) is 11.4 Å². The van der Waals surface area contributed by atoms with Crippen molar-refractivity contribution < 1.29 is 22.7 Å². The summed E-state index contributed by atoms with van der Waals surface area (Å²) >= 11 is 0. The SMILES string of the molecule is COCC(=O)N(CC[C@H](N)CF)[C@@H](c1nc(-c2cc(F)ccc2F)nn1Cc1ccccc1)C(C)(C)C. The van der Waals surface area contributed by atoms with Crippen LogP contribution >= 0.6 is 0 Å². The van der Waals surface area contributed by atoms with Crippen LogP contribution in [-0.2, 0) is 16.1 Å². The summed E-state index contributed by atoms with van der Waals surface area (Å²) in [4.78, 5) is 19.5. The average Bonchev–Trinajstić information content (AvgIpc) is 3.25. The summed E-state index contributed by atoms with van der Waals surface area (Å²) in [5.74, 6) is -1.24. The number of rotatable bonds is 11. The van der Waals surface area contributed by atoms with Crippen molar-refractivity contribution in [2.75, 3.05) is 26.9 Å². The molecule has 2 aromatic carbocycles. The van der Waals surface area contributed by atoms with Crippen LogP contribution in [0.3, 0.4) is 0 Å². The van der Waals surface area contributed by atoms with Crippen molar-refractivity contribution in [2.45, 2.75) is 45.8 Å². The van der Waals surface area contributed by atoms with Crippen LogP contribution in [0.15, 0.2) is 48.5 Å². The van der Waals surface area contributed by atoms with Gasteiger partial charge in [0.15, 0.2) is 11.6 Å². The number of nitrogens with zero attached hydrogens (tertiary/aromatic N) is 4. The van der Waals surface area contributed by atoms with Crippen molar-refractivity contribution in [2.24, 2.45) is 11.1 Å². The Bertz CT molecular complexity index is 1180. The van der Waals surface area contributed by atoms with E-state index in [1.54, 1.807) is 9.58 Å². The molecular weight excluding hydrogens is 483 g/mol. The lowest BCUT2D eigenvalue weighted by Crippen LogP contribution is -2.46. The van der Waals surface area contributed by atoms with Crippen LogP contribution in [0.25, 0.3) is 11.4 Å². The lowest BCUT2D eigenvalue weighted by molar-refractivity contribution is -0.140. The molecule has 3 rings (SSSR count). The number of hydrogen-bond acceptors (Lipinski definition) is 5. The molecule has 1 aromatic heterocycles. The van der Waals surface area contributed by atoms with E-state index in [1.807, 2.05) is 51.1 Å². The third-order valence-electron chi connectivity index (χ3n) is 5.95. The van der Waals surface area contributed by atoms with Gasteiger partial charge in [0.1, 0.15) is 24.9 Å². The van der Waals surface area contributed by atoms with Gasteiger partial charge in [0.05, 0.1) is 18.2 Å². The fourth-order valence-electron chi connectivity index (χ4n) is 4.19. The van der Waals surface area contributed by atoms with Crippen molar-refractivity contribution in [3.05, 3.63) is 71.6 Å². The second-order valence-corrected chi connectivity index (χ2v) is 10.1.